The van der Waals surface area contributed by atoms with E-state index in [1.165, 1.54) is 6.08 Å². The SMILES string of the molecule is C=CCOc1c(Cl)cc(/C=C(\C#N)C(=O)Nc2cc(Cl)ccc2C)cc1Cl. The number of amides is 1. The lowest BCUT2D eigenvalue weighted by Crippen LogP contribution is -2.14. The van der Waals surface area contributed by atoms with Gasteiger partial charge in [-0.3, -0.25) is 4.79 Å². The summed E-state index contributed by atoms with van der Waals surface area (Å²) in [5, 5.41) is 13.0. The second-order valence-electron chi connectivity index (χ2n) is 5.50. The topological polar surface area (TPSA) is 62.1 Å². The van der Waals surface area contributed by atoms with Gasteiger partial charge in [-0.05, 0) is 48.4 Å². The molecule has 2 aromatic rings. The third kappa shape index (κ3) is 5.51. The van der Waals surface area contributed by atoms with Crippen LogP contribution in [0, 0.1) is 18.3 Å². The molecule has 4 nitrogen and oxygen atoms in total. The molecule has 0 unspecified atom stereocenters. The molecule has 0 saturated carbocycles. The number of anilines is 1. The van der Waals surface area contributed by atoms with Crippen LogP contribution in [-0.4, -0.2) is 12.5 Å². The van der Waals surface area contributed by atoms with E-state index in [1.807, 2.05) is 13.0 Å². The number of benzene rings is 2. The minimum atomic E-state index is -0.568. The zero-order chi connectivity index (χ0) is 20.0. The van der Waals surface area contributed by atoms with Crippen molar-refractivity contribution in [3.63, 3.8) is 0 Å². The molecule has 0 aliphatic heterocycles. The van der Waals surface area contributed by atoms with Gasteiger partial charge in [0, 0.05) is 10.7 Å². The van der Waals surface area contributed by atoms with E-state index in [1.54, 1.807) is 36.4 Å². The Morgan fingerprint density at radius 2 is 1.93 bits per heavy atom. The quantitative estimate of drug-likeness (QED) is 0.350. The first-order valence-electron chi connectivity index (χ1n) is 7.77. The van der Waals surface area contributed by atoms with Gasteiger partial charge >= 0.3 is 0 Å². The van der Waals surface area contributed by atoms with Crippen LogP contribution in [0.4, 0.5) is 5.69 Å². The van der Waals surface area contributed by atoms with Gasteiger partial charge in [0.15, 0.2) is 5.75 Å². The summed E-state index contributed by atoms with van der Waals surface area (Å²) >= 11 is 18.3. The third-order valence-electron chi connectivity index (χ3n) is 3.49. The number of halogens is 3. The molecule has 138 valence electrons. The maximum absolute atomic E-state index is 12.4. The molecular formula is C20H15Cl3N2O2. The van der Waals surface area contributed by atoms with Crippen LogP contribution >= 0.6 is 34.8 Å². The molecule has 0 bridgehead atoms. The minimum absolute atomic E-state index is 0.110. The Balaban J connectivity index is 2.30. The standard InChI is InChI=1S/C20H15Cl3N2O2/c1-3-6-27-19-16(22)8-13(9-17(19)23)7-14(11-24)20(26)25-18-10-15(21)5-4-12(18)2/h3-5,7-10H,1,6H2,2H3,(H,25,26)/b14-7+. The fraction of sp³-hybridized carbons (Fsp3) is 0.100. The Hall–Kier alpha value is -2.45. The van der Waals surface area contributed by atoms with Gasteiger partial charge in [-0.15, -0.1) is 0 Å². The highest BCUT2D eigenvalue weighted by Gasteiger charge is 2.13. The summed E-state index contributed by atoms with van der Waals surface area (Å²) in [6.07, 6.45) is 2.96. The van der Waals surface area contributed by atoms with Crippen LogP contribution in [0.2, 0.25) is 15.1 Å². The van der Waals surface area contributed by atoms with Gasteiger partial charge in [0.1, 0.15) is 18.2 Å². The lowest BCUT2D eigenvalue weighted by molar-refractivity contribution is -0.112. The number of hydrogen-bond donors (Lipinski definition) is 1. The first kappa shape index (κ1) is 20.9. The summed E-state index contributed by atoms with van der Waals surface area (Å²) in [5.74, 6) is -0.255. The molecule has 0 atom stereocenters. The molecule has 1 N–H and O–H groups in total. The average molecular weight is 422 g/mol. The highest BCUT2D eigenvalue weighted by atomic mass is 35.5. The zero-order valence-corrected chi connectivity index (χ0v) is 16.6. The number of carbonyl (C=O) groups excluding carboxylic acids is 1. The van der Waals surface area contributed by atoms with Crippen molar-refractivity contribution < 1.29 is 9.53 Å². The molecule has 0 radical (unpaired) electrons. The molecule has 7 heteroatoms. The second-order valence-corrected chi connectivity index (χ2v) is 6.75. The summed E-state index contributed by atoms with van der Waals surface area (Å²) in [7, 11) is 0. The Bertz CT molecular complexity index is 939. The number of hydrogen-bond acceptors (Lipinski definition) is 3. The van der Waals surface area contributed by atoms with Gasteiger partial charge < -0.3 is 10.1 Å². The number of nitriles is 1. The summed E-state index contributed by atoms with van der Waals surface area (Å²) in [5.41, 5.74) is 1.73. The molecular weight excluding hydrogens is 407 g/mol. The highest BCUT2D eigenvalue weighted by molar-refractivity contribution is 6.37. The number of nitrogens with one attached hydrogen (secondary N) is 1. The molecule has 0 heterocycles. The van der Waals surface area contributed by atoms with Crippen LogP contribution in [-0.2, 0) is 4.79 Å². The smallest absolute Gasteiger partial charge is 0.266 e. The minimum Gasteiger partial charge on any atom is -0.486 e. The molecule has 0 spiro atoms. The molecule has 1 amide bonds. The highest BCUT2D eigenvalue weighted by Crippen LogP contribution is 2.35. The molecule has 27 heavy (non-hydrogen) atoms. The summed E-state index contributed by atoms with van der Waals surface area (Å²) < 4.78 is 5.39. The van der Waals surface area contributed by atoms with Gasteiger partial charge in [-0.25, -0.2) is 0 Å². The maximum Gasteiger partial charge on any atom is 0.266 e. The molecule has 0 aliphatic carbocycles. The normalized spacial score (nSPS) is 10.9. The van der Waals surface area contributed by atoms with Crippen LogP contribution in [0.5, 0.6) is 5.75 Å². The van der Waals surface area contributed by atoms with Gasteiger partial charge in [0.25, 0.3) is 5.91 Å². The summed E-state index contributed by atoms with van der Waals surface area (Å²) in [6, 6.07) is 10.1. The maximum atomic E-state index is 12.4. The van der Waals surface area contributed by atoms with E-state index in [4.69, 9.17) is 39.5 Å². The molecule has 2 rings (SSSR count). The Morgan fingerprint density at radius 1 is 1.26 bits per heavy atom. The van der Waals surface area contributed by atoms with Crippen molar-refractivity contribution in [3.05, 3.63) is 74.8 Å². The van der Waals surface area contributed by atoms with E-state index in [0.29, 0.717) is 22.0 Å². The average Bonchev–Trinajstić information content (AvgIpc) is 2.62. The van der Waals surface area contributed by atoms with Crippen LogP contribution in [0.1, 0.15) is 11.1 Å². The van der Waals surface area contributed by atoms with E-state index < -0.39 is 5.91 Å². The third-order valence-corrected chi connectivity index (χ3v) is 4.29. The van der Waals surface area contributed by atoms with Crippen LogP contribution < -0.4 is 10.1 Å². The second kappa shape index (κ2) is 9.48. The van der Waals surface area contributed by atoms with Gasteiger partial charge in [0.2, 0.25) is 0 Å². The fourth-order valence-electron chi connectivity index (χ4n) is 2.18. The molecule has 0 saturated heterocycles. The van der Waals surface area contributed by atoms with Crippen molar-refractivity contribution in [2.24, 2.45) is 0 Å². The Labute approximate surface area is 172 Å². The lowest BCUT2D eigenvalue weighted by atomic mass is 10.1. The zero-order valence-electron chi connectivity index (χ0n) is 14.4. The summed E-state index contributed by atoms with van der Waals surface area (Å²) in [4.78, 5) is 12.4. The number of aryl methyl sites for hydroxylation is 1. The van der Waals surface area contributed by atoms with E-state index in [-0.39, 0.29) is 22.2 Å². The molecule has 0 aliphatic rings. The molecule has 0 aromatic heterocycles. The number of carbonyl (C=O) groups is 1. The lowest BCUT2D eigenvalue weighted by Gasteiger charge is -2.10. The van der Waals surface area contributed by atoms with Crippen LogP contribution in [0.3, 0.4) is 0 Å². The van der Waals surface area contributed by atoms with Gasteiger partial charge in [-0.1, -0.05) is 53.5 Å². The molecule has 2 aromatic carbocycles. The fourth-order valence-corrected chi connectivity index (χ4v) is 2.96. The number of nitrogens with zero attached hydrogens (tertiary/aromatic N) is 1. The Kier molecular flexibility index (Phi) is 7.32. The van der Waals surface area contributed by atoms with Crippen molar-refractivity contribution in [2.75, 3.05) is 11.9 Å². The largest absolute Gasteiger partial charge is 0.486 e. The van der Waals surface area contributed by atoms with Gasteiger partial charge in [0.05, 0.1) is 10.0 Å². The van der Waals surface area contributed by atoms with Crippen LogP contribution in [0.25, 0.3) is 6.08 Å². The van der Waals surface area contributed by atoms with Crippen molar-refractivity contribution in [2.45, 2.75) is 6.92 Å². The predicted octanol–water partition coefficient (Wildman–Crippen LogP) is 6.07. The summed E-state index contributed by atoms with van der Waals surface area (Å²) in [6.45, 7) is 5.63. The van der Waals surface area contributed by atoms with Crippen molar-refractivity contribution in [1.82, 2.24) is 0 Å². The van der Waals surface area contributed by atoms with Crippen LogP contribution in [0.15, 0.2) is 48.6 Å². The van der Waals surface area contributed by atoms with Crippen molar-refractivity contribution >= 4 is 52.5 Å². The van der Waals surface area contributed by atoms with Crippen molar-refractivity contribution in [3.8, 4) is 11.8 Å². The van der Waals surface area contributed by atoms with E-state index in [2.05, 4.69) is 11.9 Å². The monoisotopic (exact) mass is 420 g/mol. The van der Waals surface area contributed by atoms with E-state index in [9.17, 15) is 10.1 Å². The Morgan fingerprint density at radius 3 is 2.52 bits per heavy atom. The van der Waals surface area contributed by atoms with Gasteiger partial charge in [-0.2, -0.15) is 5.26 Å². The molecule has 0 fully saturated rings. The number of ether oxygens (including phenoxy) is 1. The number of rotatable bonds is 6. The predicted molar refractivity (Wildman–Crippen MR) is 111 cm³/mol. The van der Waals surface area contributed by atoms with Crippen molar-refractivity contribution in [1.29, 1.82) is 5.26 Å². The first-order valence-corrected chi connectivity index (χ1v) is 8.91. The van der Waals surface area contributed by atoms with E-state index in [0.717, 1.165) is 5.56 Å². The first-order chi connectivity index (χ1) is 12.8. The van der Waals surface area contributed by atoms with E-state index >= 15 is 0 Å².